The molecule has 1 aliphatic heterocycles. The third kappa shape index (κ3) is 2.99. The lowest BCUT2D eigenvalue weighted by Gasteiger charge is -2.34. The topological polar surface area (TPSA) is 21.3 Å². The molecule has 2 aromatic carbocycles. The lowest BCUT2D eigenvalue weighted by molar-refractivity contribution is -0.0614. The van der Waals surface area contributed by atoms with E-state index in [0.29, 0.717) is 0 Å². The Hall–Kier alpha value is -1.90. The van der Waals surface area contributed by atoms with Gasteiger partial charge in [-0.25, -0.2) is 0 Å². The molecule has 0 bridgehead atoms. The van der Waals surface area contributed by atoms with E-state index in [1.807, 2.05) is 18.2 Å². The summed E-state index contributed by atoms with van der Waals surface area (Å²) in [4.78, 5) is 0. The van der Waals surface area contributed by atoms with Gasteiger partial charge in [-0.15, -0.1) is 6.58 Å². The fourth-order valence-electron chi connectivity index (χ4n) is 3.17. The van der Waals surface area contributed by atoms with Crippen molar-refractivity contribution in [2.45, 2.75) is 37.6 Å². The summed E-state index contributed by atoms with van der Waals surface area (Å²) in [5, 5.41) is 3.72. The van der Waals surface area contributed by atoms with E-state index in [4.69, 9.17) is 4.74 Å². The highest BCUT2D eigenvalue weighted by molar-refractivity contribution is 5.26. The summed E-state index contributed by atoms with van der Waals surface area (Å²) in [6.07, 6.45) is 3.95. The van der Waals surface area contributed by atoms with Crippen LogP contribution in [0.4, 0.5) is 0 Å². The number of hydrogen-bond donors (Lipinski definition) is 1. The molecule has 1 fully saturated rings. The van der Waals surface area contributed by atoms with Gasteiger partial charge in [0.1, 0.15) is 5.72 Å². The van der Waals surface area contributed by atoms with E-state index in [0.717, 1.165) is 12.8 Å². The van der Waals surface area contributed by atoms with Gasteiger partial charge in [0.25, 0.3) is 0 Å². The smallest absolute Gasteiger partial charge is 0.146 e. The number of nitrogens with one attached hydrogen (secondary N) is 1. The second kappa shape index (κ2) is 6.47. The van der Waals surface area contributed by atoms with Crippen LogP contribution in [-0.4, -0.2) is 6.10 Å². The quantitative estimate of drug-likeness (QED) is 0.816. The zero-order valence-corrected chi connectivity index (χ0v) is 13.0. The van der Waals surface area contributed by atoms with Crippen LogP contribution in [0, 0.1) is 0 Å². The Kier molecular flexibility index (Phi) is 4.41. The molecule has 0 saturated carbocycles. The predicted octanol–water partition coefficient (Wildman–Crippen LogP) is 4.56. The molecule has 1 aliphatic rings. The van der Waals surface area contributed by atoms with Crippen molar-refractivity contribution in [3.8, 4) is 0 Å². The molecule has 0 aliphatic carbocycles. The molecule has 0 radical (unpaired) electrons. The molecule has 22 heavy (non-hydrogen) atoms. The van der Waals surface area contributed by atoms with Gasteiger partial charge in [0.05, 0.1) is 6.10 Å². The largest absolute Gasteiger partial charge is 0.349 e. The molecule has 1 N–H and O–H groups in total. The van der Waals surface area contributed by atoms with E-state index in [-0.39, 0.29) is 12.1 Å². The molecule has 2 heteroatoms. The minimum Gasteiger partial charge on any atom is -0.349 e. The van der Waals surface area contributed by atoms with Gasteiger partial charge in [0.15, 0.2) is 0 Å². The normalized spacial score (nSPS) is 25.8. The SMILES string of the molecule is C=CC1CCC(N[C@@H](C)c2ccccc2)(c2ccccc2)O1. The highest BCUT2D eigenvalue weighted by Crippen LogP contribution is 2.39. The molecule has 114 valence electrons. The van der Waals surface area contributed by atoms with Crippen LogP contribution >= 0.6 is 0 Å². The van der Waals surface area contributed by atoms with E-state index >= 15 is 0 Å². The number of rotatable bonds is 5. The van der Waals surface area contributed by atoms with Gasteiger partial charge in [0.2, 0.25) is 0 Å². The molecule has 3 rings (SSSR count). The number of hydrogen-bond acceptors (Lipinski definition) is 2. The van der Waals surface area contributed by atoms with Crippen LogP contribution in [0.25, 0.3) is 0 Å². The fraction of sp³-hybridized carbons (Fsp3) is 0.300. The van der Waals surface area contributed by atoms with Crippen molar-refractivity contribution in [1.82, 2.24) is 5.32 Å². The maximum atomic E-state index is 6.35. The van der Waals surface area contributed by atoms with Gasteiger partial charge >= 0.3 is 0 Å². The van der Waals surface area contributed by atoms with Gasteiger partial charge < -0.3 is 4.74 Å². The molecular weight excluding hydrogens is 270 g/mol. The molecular formula is C20H23NO. The summed E-state index contributed by atoms with van der Waals surface area (Å²) >= 11 is 0. The van der Waals surface area contributed by atoms with Crippen molar-refractivity contribution in [2.24, 2.45) is 0 Å². The molecule has 1 heterocycles. The standard InChI is InChI=1S/C20H23NO/c1-3-19-14-15-20(22-19,18-12-8-5-9-13-18)21-16(2)17-10-6-4-7-11-17/h3-13,16,19,21H,1,14-15H2,2H3/t16-,19?,20?/m0/s1. The Morgan fingerprint density at radius 2 is 1.77 bits per heavy atom. The maximum Gasteiger partial charge on any atom is 0.146 e. The van der Waals surface area contributed by atoms with Crippen molar-refractivity contribution in [1.29, 1.82) is 0 Å². The van der Waals surface area contributed by atoms with Crippen LogP contribution in [0.15, 0.2) is 73.3 Å². The van der Waals surface area contributed by atoms with Crippen molar-refractivity contribution in [2.75, 3.05) is 0 Å². The van der Waals surface area contributed by atoms with Crippen molar-refractivity contribution in [3.05, 3.63) is 84.4 Å². The van der Waals surface area contributed by atoms with Crippen LogP contribution in [-0.2, 0) is 10.5 Å². The van der Waals surface area contributed by atoms with Crippen molar-refractivity contribution < 1.29 is 4.74 Å². The Morgan fingerprint density at radius 3 is 2.36 bits per heavy atom. The van der Waals surface area contributed by atoms with E-state index in [1.54, 1.807) is 0 Å². The summed E-state index contributed by atoms with van der Waals surface area (Å²) in [6, 6.07) is 21.1. The summed E-state index contributed by atoms with van der Waals surface area (Å²) in [5.41, 5.74) is 2.01. The minimum atomic E-state index is -0.435. The molecule has 1 saturated heterocycles. The lowest BCUT2D eigenvalue weighted by atomic mass is 9.96. The molecule has 0 spiro atoms. The summed E-state index contributed by atoms with van der Waals surface area (Å²) in [7, 11) is 0. The van der Waals surface area contributed by atoms with Crippen LogP contribution in [0.2, 0.25) is 0 Å². The van der Waals surface area contributed by atoms with Gasteiger partial charge in [-0.1, -0.05) is 66.7 Å². The second-order valence-corrected chi connectivity index (χ2v) is 5.90. The lowest BCUT2D eigenvalue weighted by Crippen LogP contribution is -2.43. The zero-order valence-electron chi connectivity index (χ0n) is 13.0. The van der Waals surface area contributed by atoms with E-state index in [2.05, 4.69) is 67.4 Å². The molecule has 2 nitrogen and oxygen atoms in total. The average Bonchev–Trinajstić information content (AvgIpc) is 3.01. The van der Waals surface area contributed by atoms with Gasteiger partial charge in [-0.2, -0.15) is 0 Å². The van der Waals surface area contributed by atoms with E-state index < -0.39 is 5.72 Å². The van der Waals surface area contributed by atoms with Crippen molar-refractivity contribution >= 4 is 0 Å². The van der Waals surface area contributed by atoms with Gasteiger partial charge in [-0.05, 0) is 30.9 Å². The van der Waals surface area contributed by atoms with Crippen LogP contribution in [0.5, 0.6) is 0 Å². The first-order chi connectivity index (χ1) is 10.7. The monoisotopic (exact) mass is 293 g/mol. The predicted molar refractivity (Wildman–Crippen MR) is 90.4 cm³/mol. The van der Waals surface area contributed by atoms with Crippen LogP contribution < -0.4 is 5.32 Å². The first kappa shape index (κ1) is 15.0. The highest BCUT2D eigenvalue weighted by atomic mass is 16.5. The maximum absolute atomic E-state index is 6.35. The zero-order chi connectivity index (χ0) is 15.4. The van der Waals surface area contributed by atoms with Crippen LogP contribution in [0.3, 0.4) is 0 Å². The first-order valence-corrected chi connectivity index (χ1v) is 7.92. The third-order valence-corrected chi connectivity index (χ3v) is 4.39. The third-order valence-electron chi connectivity index (χ3n) is 4.39. The number of ether oxygens (including phenoxy) is 1. The average molecular weight is 293 g/mol. The number of benzene rings is 2. The molecule has 2 unspecified atom stereocenters. The second-order valence-electron chi connectivity index (χ2n) is 5.90. The summed E-state index contributed by atoms with van der Waals surface area (Å²) in [6.45, 7) is 6.07. The fourth-order valence-corrected chi connectivity index (χ4v) is 3.17. The Bertz CT molecular complexity index is 610. The molecule has 2 aromatic rings. The summed E-state index contributed by atoms with van der Waals surface area (Å²) in [5.74, 6) is 0. The summed E-state index contributed by atoms with van der Waals surface area (Å²) < 4.78 is 6.35. The van der Waals surface area contributed by atoms with Crippen LogP contribution in [0.1, 0.15) is 36.9 Å². The Morgan fingerprint density at radius 1 is 1.14 bits per heavy atom. The Balaban J connectivity index is 1.88. The highest BCUT2D eigenvalue weighted by Gasteiger charge is 2.41. The van der Waals surface area contributed by atoms with Crippen molar-refractivity contribution in [3.63, 3.8) is 0 Å². The molecule has 3 atom stereocenters. The molecule has 0 aromatic heterocycles. The first-order valence-electron chi connectivity index (χ1n) is 7.92. The van der Waals surface area contributed by atoms with Gasteiger partial charge in [-0.3, -0.25) is 5.32 Å². The molecule has 0 amide bonds. The van der Waals surface area contributed by atoms with E-state index in [9.17, 15) is 0 Å². The van der Waals surface area contributed by atoms with Gasteiger partial charge in [0, 0.05) is 6.04 Å². The Labute approximate surface area is 132 Å². The van der Waals surface area contributed by atoms with E-state index in [1.165, 1.54) is 11.1 Å². The minimum absolute atomic E-state index is 0.107.